The van der Waals surface area contributed by atoms with Crippen molar-refractivity contribution in [3.8, 4) is 34.5 Å². The highest BCUT2D eigenvalue weighted by atomic mass is 16.5. The minimum absolute atomic E-state index is 0.241. The Kier molecular flexibility index (Phi) is 6.87. The molecule has 0 saturated carbocycles. The highest BCUT2D eigenvalue weighted by molar-refractivity contribution is 6.05. The Morgan fingerprint density at radius 3 is 2.41 bits per heavy atom. The number of anilines is 1. The highest BCUT2D eigenvalue weighted by Gasteiger charge is 2.18. The predicted octanol–water partition coefficient (Wildman–Crippen LogP) is 5.56. The highest BCUT2D eigenvalue weighted by Crippen LogP contribution is 2.41. The second-order valence-electron chi connectivity index (χ2n) is 7.45. The maximum Gasteiger partial charge on any atom is 0.255 e. The Morgan fingerprint density at radius 2 is 1.74 bits per heavy atom. The molecule has 3 aromatic carbocycles. The normalized spacial score (nSPS) is 10.7. The smallest absolute Gasteiger partial charge is 0.255 e. The molecule has 0 aliphatic heterocycles. The number of hydrogen-bond acceptors (Lipinski definition) is 7. The van der Waals surface area contributed by atoms with Crippen LogP contribution in [-0.2, 0) is 0 Å². The zero-order valence-electron chi connectivity index (χ0n) is 19.5. The Hall–Kier alpha value is -4.20. The van der Waals surface area contributed by atoms with Gasteiger partial charge in [-0.2, -0.15) is 0 Å². The number of fused-ring (bicyclic) bond motifs is 1. The molecule has 0 radical (unpaired) electrons. The fraction of sp³-hybridized carbons (Fsp3) is 0.231. The van der Waals surface area contributed by atoms with E-state index >= 15 is 0 Å². The summed E-state index contributed by atoms with van der Waals surface area (Å²) in [4.78, 5) is 17.3. The number of benzene rings is 3. The first-order chi connectivity index (χ1) is 16.6. The zero-order chi connectivity index (χ0) is 24.1. The van der Waals surface area contributed by atoms with Crippen LogP contribution in [0.2, 0.25) is 0 Å². The quantitative estimate of drug-likeness (QED) is 0.348. The van der Waals surface area contributed by atoms with Crippen molar-refractivity contribution >= 4 is 22.7 Å². The van der Waals surface area contributed by atoms with E-state index in [-0.39, 0.29) is 5.91 Å². The fourth-order valence-electron chi connectivity index (χ4n) is 3.48. The topological polar surface area (TPSA) is 92.1 Å². The van der Waals surface area contributed by atoms with Crippen LogP contribution in [0.15, 0.2) is 59.0 Å². The second-order valence-corrected chi connectivity index (χ2v) is 7.45. The number of methoxy groups -OCH3 is 3. The minimum Gasteiger partial charge on any atom is -0.494 e. The molecular formula is C26H26N2O6. The van der Waals surface area contributed by atoms with Crippen LogP contribution in [-0.4, -0.2) is 38.8 Å². The van der Waals surface area contributed by atoms with Gasteiger partial charge in [-0.3, -0.25) is 4.79 Å². The molecule has 4 rings (SSSR count). The Balaban J connectivity index is 1.59. The van der Waals surface area contributed by atoms with Gasteiger partial charge in [0.05, 0.1) is 27.9 Å². The lowest BCUT2D eigenvalue weighted by Gasteiger charge is -2.12. The molecule has 0 bridgehead atoms. The molecule has 0 aliphatic rings. The average molecular weight is 463 g/mol. The molecule has 4 aromatic rings. The van der Waals surface area contributed by atoms with Crippen molar-refractivity contribution in [3.05, 3.63) is 60.2 Å². The van der Waals surface area contributed by atoms with E-state index in [0.717, 1.165) is 6.42 Å². The monoisotopic (exact) mass is 462 g/mol. The molecule has 0 saturated heterocycles. The van der Waals surface area contributed by atoms with Crippen LogP contribution in [0, 0.1) is 0 Å². The summed E-state index contributed by atoms with van der Waals surface area (Å²) in [7, 11) is 4.64. The lowest BCUT2D eigenvalue weighted by atomic mass is 10.2. The van der Waals surface area contributed by atoms with Gasteiger partial charge in [0.15, 0.2) is 17.1 Å². The third-order valence-corrected chi connectivity index (χ3v) is 5.13. The SMILES string of the molecule is CCCOc1cccc(C(=O)Nc2ccc3oc(-c4cc(OC)c(OC)c(OC)c4)nc3c2)c1. The first-order valence-electron chi connectivity index (χ1n) is 10.8. The molecule has 0 unspecified atom stereocenters. The van der Waals surface area contributed by atoms with Gasteiger partial charge >= 0.3 is 0 Å². The third-order valence-electron chi connectivity index (χ3n) is 5.13. The molecule has 1 amide bonds. The molecule has 1 aromatic heterocycles. The number of ether oxygens (including phenoxy) is 4. The van der Waals surface area contributed by atoms with Crippen LogP contribution in [0.1, 0.15) is 23.7 Å². The van der Waals surface area contributed by atoms with Crippen LogP contribution in [0.5, 0.6) is 23.0 Å². The molecule has 0 atom stereocenters. The van der Waals surface area contributed by atoms with E-state index in [4.69, 9.17) is 23.4 Å². The van der Waals surface area contributed by atoms with Gasteiger partial charge in [0.2, 0.25) is 11.6 Å². The van der Waals surface area contributed by atoms with E-state index in [1.165, 1.54) is 0 Å². The van der Waals surface area contributed by atoms with Crippen LogP contribution >= 0.6 is 0 Å². The van der Waals surface area contributed by atoms with Crippen LogP contribution < -0.4 is 24.3 Å². The molecule has 176 valence electrons. The Morgan fingerprint density at radius 1 is 0.971 bits per heavy atom. The first kappa shape index (κ1) is 23.0. The Bertz CT molecular complexity index is 1290. The summed E-state index contributed by atoms with van der Waals surface area (Å²) in [6.45, 7) is 2.63. The average Bonchev–Trinajstić information content (AvgIpc) is 3.30. The number of nitrogens with zero attached hydrogens (tertiary/aromatic N) is 1. The van der Waals surface area contributed by atoms with Gasteiger partial charge in [-0.15, -0.1) is 0 Å². The van der Waals surface area contributed by atoms with Crippen molar-refractivity contribution < 1.29 is 28.2 Å². The first-order valence-corrected chi connectivity index (χ1v) is 10.8. The van der Waals surface area contributed by atoms with Gasteiger partial charge in [-0.1, -0.05) is 13.0 Å². The van der Waals surface area contributed by atoms with Crippen molar-refractivity contribution in [2.45, 2.75) is 13.3 Å². The number of carbonyl (C=O) groups excluding carboxylic acids is 1. The summed E-state index contributed by atoms with van der Waals surface area (Å²) in [6, 6.07) is 15.9. The molecule has 0 fully saturated rings. The van der Waals surface area contributed by atoms with Crippen LogP contribution in [0.4, 0.5) is 5.69 Å². The van der Waals surface area contributed by atoms with Crippen molar-refractivity contribution in [2.75, 3.05) is 33.3 Å². The maximum absolute atomic E-state index is 12.8. The number of nitrogens with one attached hydrogen (secondary N) is 1. The summed E-state index contributed by atoms with van der Waals surface area (Å²) in [5.74, 6) is 2.29. The van der Waals surface area contributed by atoms with E-state index in [0.29, 0.717) is 63.4 Å². The third kappa shape index (κ3) is 4.76. The van der Waals surface area contributed by atoms with E-state index in [9.17, 15) is 4.79 Å². The molecular weight excluding hydrogens is 436 g/mol. The standard InChI is InChI=1S/C26H26N2O6/c1-5-11-33-19-8-6-7-16(12-19)25(29)27-18-9-10-21-20(15-18)28-26(34-21)17-13-22(30-2)24(32-4)23(14-17)31-3/h6-10,12-15H,5,11H2,1-4H3,(H,27,29). The lowest BCUT2D eigenvalue weighted by Crippen LogP contribution is -2.12. The van der Waals surface area contributed by atoms with E-state index < -0.39 is 0 Å². The summed E-state index contributed by atoms with van der Waals surface area (Å²) in [5.41, 5.74) is 2.95. The number of rotatable bonds is 9. The molecule has 0 spiro atoms. The van der Waals surface area contributed by atoms with Gasteiger partial charge in [0.25, 0.3) is 5.91 Å². The summed E-state index contributed by atoms with van der Waals surface area (Å²) in [5, 5.41) is 2.90. The number of oxazole rings is 1. The van der Waals surface area contributed by atoms with Gasteiger partial charge in [0, 0.05) is 16.8 Å². The molecule has 0 aliphatic carbocycles. The zero-order valence-corrected chi connectivity index (χ0v) is 19.5. The predicted molar refractivity (Wildman–Crippen MR) is 129 cm³/mol. The van der Waals surface area contributed by atoms with E-state index in [1.54, 1.807) is 69.9 Å². The summed E-state index contributed by atoms with van der Waals surface area (Å²) in [6.07, 6.45) is 0.895. The van der Waals surface area contributed by atoms with Crippen molar-refractivity contribution in [2.24, 2.45) is 0 Å². The lowest BCUT2D eigenvalue weighted by molar-refractivity contribution is 0.102. The van der Waals surface area contributed by atoms with Gasteiger partial charge < -0.3 is 28.7 Å². The van der Waals surface area contributed by atoms with Crippen molar-refractivity contribution in [1.82, 2.24) is 4.98 Å². The van der Waals surface area contributed by atoms with Gasteiger partial charge in [-0.25, -0.2) is 4.98 Å². The number of aromatic nitrogens is 1. The van der Waals surface area contributed by atoms with E-state index in [2.05, 4.69) is 10.3 Å². The van der Waals surface area contributed by atoms with Crippen molar-refractivity contribution in [3.63, 3.8) is 0 Å². The van der Waals surface area contributed by atoms with Gasteiger partial charge in [-0.05, 0) is 55.0 Å². The van der Waals surface area contributed by atoms with Crippen LogP contribution in [0.25, 0.3) is 22.6 Å². The fourth-order valence-corrected chi connectivity index (χ4v) is 3.48. The molecule has 1 heterocycles. The minimum atomic E-state index is -0.241. The molecule has 34 heavy (non-hydrogen) atoms. The number of amides is 1. The number of hydrogen-bond donors (Lipinski definition) is 1. The maximum atomic E-state index is 12.8. The molecule has 1 N–H and O–H groups in total. The second kappa shape index (κ2) is 10.2. The van der Waals surface area contributed by atoms with Crippen LogP contribution in [0.3, 0.4) is 0 Å². The number of carbonyl (C=O) groups is 1. The summed E-state index contributed by atoms with van der Waals surface area (Å²) < 4.78 is 27.8. The van der Waals surface area contributed by atoms with Crippen molar-refractivity contribution in [1.29, 1.82) is 0 Å². The largest absolute Gasteiger partial charge is 0.494 e. The molecule has 8 nitrogen and oxygen atoms in total. The molecule has 8 heteroatoms. The summed E-state index contributed by atoms with van der Waals surface area (Å²) >= 11 is 0. The van der Waals surface area contributed by atoms with Gasteiger partial charge in [0.1, 0.15) is 11.3 Å². The Labute approximate surface area is 197 Å². The van der Waals surface area contributed by atoms with E-state index in [1.807, 2.05) is 13.0 Å².